The molecular formula is C17H14Cl3NO4. The Hall–Kier alpha value is -1.95. The number of ether oxygens (including phenoxy) is 2. The van der Waals surface area contributed by atoms with E-state index in [1.165, 1.54) is 12.1 Å². The smallest absolute Gasteiger partial charge is 0.344 e. The van der Waals surface area contributed by atoms with Crippen molar-refractivity contribution in [1.29, 1.82) is 0 Å². The number of hydrogen-bond acceptors (Lipinski definition) is 4. The second-order valence-electron chi connectivity index (χ2n) is 5.01. The highest BCUT2D eigenvalue weighted by molar-refractivity contribution is 6.42. The predicted molar refractivity (Wildman–Crippen MR) is 97.7 cm³/mol. The molecule has 2 aromatic carbocycles. The van der Waals surface area contributed by atoms with Gasteiger partial charge in [0.25, 0.3) is 5.91 Å². The van der Waals surface area contributed by atoms with Crippen LogP contribution in [0.25, 0.3) is 0 Å². The molecule has 2 rings (SSSR count). The van der Waals surface area contributed by atoms with Gasteiger partial charge >= 0.3 is 5.97 Å². The van der Waals surface area contributed by atoms with E-state index in [0.29, 0.717) is 10.8 Å². The Kier molecular flexibility index (Phi) is 6.93. The molecule has 0 heterocycles. The lowest BCUT2D eigenvalue weighted by Crippen LogP contribution is -2.24. The summed E-state index contributed by atoms with van der Waals surface area (Å²) >= 11 is 17.7. The number of nitrogens with one attached hydrogen (secondary N) is 1. The normalized spacial score (nSPS) is 10.2. The summed E-state index contributed by atoms with van der Waals surface area (Å²) in [5, 5.41) is 3.17. The topological polar surface area (TPSA) is 64.6 Å². The van der Waals surface area contributed by atoms with Crippen LogP contribution in [0.15, 0.2) is 36.4 Å². The zero-order chi connectivity index (χ0) is 18.4. The molecule has 0 aliphatic rings. The van der Waals surface area contributed by atoms with Crippen LogP contribution in [-0.2, 0) is 14.3 Å². The van der Waals surface area contributed by atoms with Crippen molar-refractivity contribution in [3.63, 3.8) is 0 Å². The minimum atomic E-state index is -0.674. The van der Waals surface area contributed by atoms with E-state index < -0.39 is 18.5 Å². The lowest BCUT2D eigenvalue weighted by Gasteiger charge is -2.11. The zero-order valence-corrected chi connectivity index (χ0v) is 15.4. The fraction of sp³-hybridized carbons (Fsp3) is 0.176. The molecule has 0 atom stereocenters. The number of halogens is 3. The van der Waals surface area contributed by atoms with Gasteiger partial charge in [-0.25, -0.2) is 4.79 Å². The lowest BCUT2D eigenvalue weighted by molar-refractivity contribution is -0.149. The van der Waals surface area contributed by atoms with Gasteiger partial charge in [0, 0.05) is 5.02 Å². The van der Waals surface area contributed by atoms with E-state index in [9.17, 15) is 9.59 Å². The van der Waals surface area contributed by atoms with Crippen molar-refractivity contribution in [1.82, 2.24) is 0 Å². The van der Waals surface area contributed by atoms with Crippen LogP contribution in [0.2, 0.25) is 15.1 Å². The highest BCUT2D eigenvalue weighted by Crippen LogP contribution is 2.33. The highest BCUT2D eigenvalue weighted by atomic mass is 35.5. The average Bonchev–Trinajstić information content (AvgIpc) is 2.55. The van der Waals surface area contributed by atoms with E-state index in [2.05, 4.69) is 5.32 Å². The summed E-state index contributed by atoms with van der Waals surface area (Å²) in [6, 6.07) is 10.1. The quantitative estimate of drug-likeness (QED) is 0.722. The van der Waals surface area contributed by atoms with Gasteiger partial charge in [-0.3, -0.25) is 4.79 Å². The van der Waals surface area contributed by atoms with Gasteiger partial charge in [-0.1, -0.05) is 53.0 Å². The number of amides is 1. The van der Waals surface area contributed by atoms with Gasteiger partial charge in [-0.15, -0.1) is 0 Å². The van der Waals surface area contributed by atoms with Crippen molar-refractivity contribution < 1.29 is 19.1 Å². The summed E-state index contributed by atoms with van der Waals surface area (Å²) in [5.41, 5.74) is 1.09. The number of anilines is 1. The summed E-state index contributed by atoms with van der Waals surface area (Å²) in [5.74, 6) is -0.689. The van der Waals surface area contributed by atoms with E-state index in [0.717, 1.165) is 5.56 Å². The molecule has 1 amide bonds. The fourth-order valence-corrected chi connectivity index (χ4v) is 2.79. The van der Waals surface area contributed by atoms with Gasteiger partial charge in [0.15, 0.2) is 13.2 Å². The molecule has 25 heavy (non-hydrogen) atoms. The monoisotopic (exact) mass is 401 g/mol. The van der Waals surface area contributed by atoms with Crippen LogP contribution in [-0.4, -0.2) is 25.1 Å². The zero-order valence-electron chi connectivity index (χ0n) is 13.1. The predicted octanol–water partition coefficient (Wildman–Crippen LogP) is 4.52. The molecule has 0 aliphatic heterocycles. The van der Waals surface area contributed by atoms with Crippen molar-refractivity contribution in [3.05, 3.63) is 57.0 Å². The summed E-state index contributed by atoms with van der Waals surface area (Å²) in [7, 11) is 0. The maximum Gasteiger partial charge on any atom is 0.344 e. The largest absolute Gasteiger partial charge is 0.482 e. The average molecular weight is 403 g/mol. The Morgan fingerprint density at radius 2 is 1.68 bits per heavy atom. The minimum Gasteiger partial charge on any atom is -0.482 e. The number of carbonyl (C=O) groups is 2. The van der Waals surface area contributed by atoms with Crippen LogP contribution in [0.3, 0.4) is 0 Å². The summed E-state index contributed by atoms with van der Waals surface area (Å²) in [6.45, 7) is 1.06. The number of rotatable bonds is 6. The molecule has 0 bridgehead atoms. The summed E-state index contributed by atoms with van der Waals surface area (Å²) < 4.78 is 10.2. The van der Waals surface area contributed by atoms with E-state index in [1.807, 2.05) is 19.1 Å². The van der Waals surface area contributed by atoms with Crippen LogP contribution in [0.1, 0.15) is 5.56 Å². The van der Waals surface area contributed by atoms with Crippen LogP contribution in [0, 0.1) is 6.92 Å². The lowest BCUT2D eigenvalue weighted by atomic mass is 10.2. The van der Waals surface area contributed by atoms with E-state index in [1.54, 1.807) is 12.1 Å². The molecule has 1 N–H and O–H groups in total. The molecule has 0 saturated carbocycles. The number of carbonyl (C=O) groups excluding carboxylic acids is 2. The van der Waals surface area contributed by atoms with E-state index in [-0.39, 0.29) is 22.3 Å². The maximum absolute atomic E-state index is 11.9. The molecule has 132 valence electrons. The molecule has 0 saturated heterocycles. The van der Waals surface area contributed by atoms with Gasteiger partial charge in [-0.2, -0.15) is 0 Å². The second kappa shape index (κ2) is 8.94. The molecule has 0 radical (unpaired) electrons. The van der Waals surface area contributed by atoms with Gasteiger partial charge in [0.1, 0.15) is 5.75 Å². The van der Waals surface area contributed by atoms with Gasteiger partial charge < -0.3 is 14.8 Å². The third kappa shape index (κ3) is 5.81. The number of aryl methyl sites for hydroxylation is 1. The first kappa shape index (κ1) is 19.4. The van der Waals surface area contributed by atoms with Crippen LogP contribution >= 0.6 is 34.8 Å². The standard InChI is InChI=1S/C17H14Cl3NO4/c1-10-4-2-3-5-14(10)24-9-16(23)25-8-15(22)21-17-12(19)6-11(18)7-13(17)20/h2-7H,8-9H2,1H3,(H,21,22). The molecule has 0 aromatic heterocycles. The number of benzene rings is 2. The third-order valence-corrected chi connectivity index (χ3v) is 3.89. The first-order chi connectivity index (χ1) is 11.9. The number of esters is 1. The van der Waals surface area contributed by atoms with Gasteiger partial charge in [0.2, 0.25) is 0 Å². The number of para-hydroxylation sites is 1. The Morgan fingerprint density at radius 3 is 2.32 bits per heavy atom. The first-order valence-electron chi connectivity index (χ1n) is 7.15. The molecule has 2 aromatic rings. The maximum atomic E-state index is 11.9. The van der Waals surface area contributed by atoms with Gasteiger partial charge in [-0.05, 0) is 30.7 Å². The van der Waals surface area contributed by atoms with Crippen molar-refractivity contribution in [2.45, 2.75) is 6.92 Å². The van der Waals surface area contributed by atoms with Gasteiger partial charge in [0.05, 0.1) is 15.7 Å². The van der Waals surface area contributed by atoms with Crippen LogP contribution < -0.4 is 10.1 Å². The molecule has 0 aliphatic carbocycles. The fourth-order valence-electron chi connectivity index (χ4n) is 1.88. The Labute approximate surface area is 159 Å². The van der Waals surface area contributed by atoms with Crippen LogP contribution in [0.5, 0.6) is 5.75 Å². The Morgan fingerprint density at radius 1 is 1.04 bits per heavy atom. The van der Waals surface area contributed by atoms with Crippen LogP contribution in [0.4, 0.5) is 5.69 Å². The second-order valence-corrected chi connectivity index (χ2v) is 6.26. The summed E-state index contributed by atoms with van der Waals surface area (Å²) in [4.78, 5) is 23.5. The SMILES string of the molecule is Cc1ccccc1OCC(=O)OCC(=O)Nc1c(Cl)cc(Cl)cc1Cl. The Bertz CT molecular complexity index is 772. The minimum absolute atomic E-state index is 0.181. The van der Waals surface area contributed by atoms with E-state index in [4.69, 9.17) is 44.3 Å². The molecular weight excluding hydrogens is 389 g/mol. The molecule has 0 spiro atoms. The van der Waals surface area contributed by atoms with Crippen molar-refractivity contribution in [2.24, 2.45) is 0 Å². The van der Waals surface area contributed by atoms with Crippen molar-refractivity contribution >= 4 is 52.4 Å². The molecule has 5 nitrogen and oxygen atoms in total. The number of hydrogen-bond donors (Lipinski definition) is 1. The molecule has 8 heteroatoms. The van der Waals surface area contributed by atoms with Crippen molar-refractivity contribution in [3.8, 4) is 5.75 Å². The molecule has 0 unspecified atom stereocenters. The highest BCUT2D eigenvalue weighted by Gasteiger charge is 2.13. The third-order valence-electron chi connectivity index (χ3n) is 3.07. The Balaban J connectivity index is 1.82. The first-order valence-corrected chi connectivity index (χ1v) is 8.28. The van der Waals surface area contributed by atoms with E-state index >= 15 is 0 Å². The molecule has 0 fully saturated rings. The van der Waals surface area contributed by atoms with Crippen molar-refractivity contribution in [2.75, 3.05) is 18.5 Å². The summed E-state index contributed by atoms with van der Waals surface area (Å²) in [6.07, 6.45) is 0.